The molecule has 1 aliphatic rings. The van der Waals surface area contributed by atoms with Gasteiger partial charge in [-0.25, -0.2) is 9.88 Å². The first-order chi connectivity index (χ1) is 20.3. The quantitative estimate of drug-likeness (QED) is 0.217. The maximum atomic E-state index is 12.8. The topological polar surface area (TPSA) is 156 Å². The molecular weight excluding hydrogens is 601 g/mol. The smallest absolute Gasteiger partial charge is 0.330 e. The van der Waals surface area contributed by atoms with E-state index in [2.05, 4.69) is 10.1 Å². The number of aromatic amines is 1. The molecule has 0 radical (unpaired) electrons. The van der Waals surface area contributed by atoms with Crippen molar-refractivity contribution in [1.82, 2.24) is 14.6 Å². The summed E-state index contributed by atoms with van der Waals surface area (Å²) < 4.78 is 37.0. The number of hydrogen-bond donors (Lipinski definition) is 2. The molecule has 0 saturated carbocycles. The van der Waals surface area contributed by atoms with Crippen molar-refractivity contribution >= 4 is 30.4 Å². The van der Waals surface area contributed by atoms with Crippen LogP contribution >= 0.6 is 6.64 Å². The zero-order valence-electron chi connectivity index (χ0n) is 25.1. The van der Waals surface area contributed by atoms with Gasteiger partial charge in [-0.1, -0.05) is 32.0 Å². The number of aromatic nitrogens is 2. The highest BCUT2D eigenvalue weighted by Crippen LogP contribution is 2.48. The molecule has 1 saturated heterocycles. The van der Waals surface area contributed by atoms with Crippen LogP contribution in [0.5, 0.6) is 5.75 Å². The van der Waals surface area contributed by atoms with Crippen LogP contribution in [-0.2, 0) is 44.9 Å². The summed E-state index contributed by atoms with van der Waals surface area (Å²) in [5.41, 5.74) is -3.12. The van der Waals surface area contributed by atoms with Crippen molar-refractivity contribution < 1.29 is 37.6 Å². The number of nitrogens with zero attached hydrogens (tertiary/aromatic N) is 1. The van der Waals surface area contributed by atoms with E-state index in [0.717, 1.165) is 10.6 Å². The average molecular weight is 642 g/mol. The van der Waals surface area contributed by atoms with E-state index in [9.17, 15) is 19.2 Å². The Labute approximate surface area is 255 Å². The third kappa shape index (κ3) is 9.31. The molecule has 1 aliphatic heterocycles. The Morgan fingerprint density at radius 1 is 1.12 bits per heavy atom. The fourth-order valence-electron chi connectivity index (χ4n) is 4.33. The normalized spacial score (nSPS) is 23.8. The van der Waals surface area contributed by atoms with Crippen LogP contribution < -0.4 is 20.9 Å². The lowest BCUT2D eigenvalue weighted by Crippen LogP contribution is -2.52. The largest absolute Gasteiger partial charge is 0.455 e. The number of benzene rings is 1. The van der Waals surface area contributed by atoms with Gasteiger partial charge in [-0.05, 0) is 51.6 Å². The summed E-state index contributed by atoms with van der Waals surface area (Å²) in [5, 5.41) is 3.22. The molecule has 2 heterocycles. The summed E-state index contributed by atoms with van der Waals surface area (Å²) in [5.74, 6) is -0.744. The van der Waals surface area contributed by atoms with E-state index in [1.54, 1.807) is 38.1 Å². The van der Waals surface area contributed by atoms with E-state index in [1.807, 2.05) is 26.8 Å². The van der Waals surface area contributed by atoms with Gasteiger partial charge in [0.05, 0.1) is 19.3 Å². The number of para-hydroxylation sites is 1. The van der Waals surface area contributed by atoms with Crippen LogP contribution in [-0.4, -0.2) is 64.7 Å². The maximum absolute atomic E-state index is 12.8. The fraction of sp³-hybridized carbons (Fsp3) is 0.571. The number of carbonyl (C=O) groups excluding carboxylic acids is 2. The number of hydrogen-bond acceptors (Lipinski definition) is 11. The molecule has 0 aliphatic carbocycles. The molecule has 6 unspecified atom stereocenters. The van der Waals surface area contributed by atoms with Crippen molar-refractivity contribution in [2.24, 2.45) is 0 Å². The van der Waals surface area contributed by atoms with Crippen LogP contribution in [0.15, 0.2) is 52.2 Å². The minimum Gasteiger partial charge on any atom is -0.455 e. The summed E-state index contributed by atoms with van der Waals surface area (Å²) in [7, 11) is 0. The predicted octanol–water partition coefficient (Wildman–Crippen LogP) is 3.19. The van der Waals surface area contributed by atoms with Crippen molar-refractivity contribution in [1.29, 1.82) is 0 Å². The van der Waals surface area contributed by atoms with Gasteiger partial charge < -0.3 is 28.0 Å². The minimum absolute atomic E-state index is 0.00395. The van der Waals surface area contributed by atoms with Crippen LogP contribution in [0, 0.1) is 0 Å². The van der Waals surface area contributed by atoms with Crippen LogP contribution in [0.1, 0.15) is 60.6 Å². The van der Waals surface area contributed by atoms with Gasteiger partial charge in [0, 0.05) is 31.1 Å². The molecule has 2 N–H and O–H groups in total. The third-order valence-electron chi connectivity index (χ3n) is 6.41. The number of carbonyl (C=O) groups is 2. The standard InChI is InChI=1S/C28H40N3O10PS/c1-7-23(33)39-25-21(38-26(28(25,6)40-24(34)8-2)31-15-14-22(32)29-27(31)35)17-37-42(43,30-19(5)16-36-18(3)4)41-20-12-10-9-11-13-20/h9-15,18-19,21,25-26H,7-8,16-17H2,1-6H3,(H,30,43)(H,29,32,35). The van der Waals surface area contributed by atoms with Gasteiger partial charge in [-0.15, -0.1) is 0 Å². The van der Waals surface area contributed by atoms with Gasteiger partial charge >= 0.3 is 24.3 Å². The van der Waals surface area contributed by atoms with Gasteiger partial charge in [0.1, 0.15) is 11.9 Å². The molecule has 0 bridgehead atoms. The Kier molecular flexibility index (Phi) is 12.3. The molecule has 6 atom stereocenters. The van der Waals surface area contributed by atoms with Crippen molar-refractivity contribution in [2.75, 3.05) is 13.2 Å². The summed E-state index contributed by atoms with van der Waals surface area (Å²) in [6.07, 6.45) is -2.35. The van der Waals surface area contributed by atoms with Crippen LogP contribution in [0.25, 0.3) is 0 Å². The number of rotatable bonds is 15. The lowest BCUT2D eigenvalue weighted by Gasteiger charge is -2.34. The van der Waals surface area contributed by atoms with Crippen LogP contribution in [0.2, 0.25) is 0 Å². The number of ether oxygens (including phenoxy) is 4. The Morgan fingerprint density at radius 3 is 2.40 bits per heavy atom. The first-order valence-electron chi connectivity index (χ1n) is 14.1. The summed E-state index contributed by atoms with van der Waals surface area (Å²) >= 11 is 5.88. The second-order valence-corrected chi connectivity index (χ2v) is 13.6. The second kappa shape index (κ2) is 15.2. The Hall–Kier alpha value is -2.87. The van der Waals surface area contributed by atoms with Crippen molar-refractivity contribution in [3.05, 3.63) is 63.4 Å². The molecule has 2 aromatic rings. The Balaban J connectivity index is 1.99. The number of esters is 2. The number of H-pyrrole nitrogens is 1. The molecule has 1 fully saturated rings. The summed E-state index contributed by atoms with van der Waals surface area (Å²) in [6.45, 7) is 7.17. The zero-order chi connectivity index (χ0) is 31.8. The van der Waals surface area contributed by atoms with E-state index >= 15 is 0 Å². The predicted molar refractivity (Wildman–Crippen MR) is 161 cm³/mol. The Morgan fingerprint density at radius 2 is 1.79 bits per heavy atom. The first kappa shape index (κ1) is 34.6. The first-order valence-corrected chi connectivity index (χ1v) is 16.7. The minimum atomic E-state index is -3.30. The molecule has 1 aromatic carbocycles. The van der Waals surface area contributed by atoms with Gasteiger partial charge in [-0.3, -0.25) is 23.9 Å². The van der Waals surface area contributed by atoms with Gasteiger partial charge in [0.25, 0.3) is 5.56 Å². The van der Waals surface area contributed by atoms with Crippen molar-refractivity contribution in [3.8, 4) is 5.75 Å². The van der Waals surface area contributed by atoms with Gasteiger partial charge in [-0.2, -0.15) is 0 Å². The van der Waals surface area contributed by atoms with E-state index < -0.39 is 53.9 Å². The maximum Gasteiger partial charge on any atom is 0.330 e. The van der Waals surface area contributed by atoms with Crippen LogP contribution in [0.4, 0.5) is 0 Å². The fourth-order valence-corrected chi connectivity index (χ4v) is 6.85. The summed E-state index contributed by atoms with van der Waals surface area (Å²) in [4.78, 5) is 51.9. The molecule has 43 heavy (non-hydrogen) atoms. The third-order valence-corrected chi connectivity index (χ3v) is 8.96. The monoisotopic (exact) mass is 641 g/mol. The molecule has 15 heteroatoms. The lowest BCUT2D eigenvalue weighted by molar-refractivity contribution is -0.187. The Bertz CT molecular complexity index is 1400. The van der Waals surface area contributed by atoms with Crippen LogP contribution in [0.3, 0.4) is 0 Å². The zero-order valence-corrected chi connectivity index (χ0v) is 26.9. The molecular formula is C28H40N3O10PS. The van der Waals surface area contributed by atoms with Crippen molar-refractivity contribution in [2.45, 2.75) is 90.6 Å². The molecule has 13 nitrogen and oxygen atoms in total. The van der Waals surface area contributed by atoms with E-state index in [0.29, 0.717) is 12.4 Å². The highest BCUT2D eigenvalue weighted by atomic mass is 32.5. The van der Waals surface area contributed by atoms with E-state index in [-0.39, 0.29) is 31.6 Å². The SMILES string of the molecule is CCC(=O)OC1C(COP(=S)(NC(C)COC(C)C)Oc2ccccc2)OC(n2ccc(=O)[nH]c2=O)C1(C)OC(=O)CC. The number of nitrogens with one attached hydrogen (secondary N) is 2. The molecule has 0 spiro atoms. The summed E-state index contributed by atoms with van der Waals surface area (Å²) in [6, 6.07) is 9.75. The second-order valence-electron chi connectivity index (χ2n) is 10.4. The van der Waals surface area contributed by atoms with Gasteiger partial charge in [0.15, 0.2) is 17.9 Å². The average Bonchev–Trinajstić information content (AvgIpc) is 3.21. The van der Waals surface area contributed by atoms with E-state index in [4.69, 9.17) is 39.8 Å². The molecule has 3 rings (SSSR count). The van der Waals surface area contributed by atoms with Crippen molar-refractivity contribution in [3.63, 3.8) is 0 Å². The highest BCUT2D eigenvalue weighted by molar-refractivity contribution is 8.09. The lowest BCUT2D eigenvalue weighted by atomic mass is 9.95. The van der Waals surface area contributed by atoms with E-state index in [1.165, 1.54) is 13.1 Å². The van der Waals surface area contributed by atoms with Gasteiger partial charge in [0.2, 0.25) is 0 Å². The molecule has 238 valence electrons. The molecule has 0 amide bonds. The molecule has 1 aromatic heterocycles. The highest BCUT2D eigenvalue weighted by Gasteiger charge is 2.60.